The zero-order valence-corrected chi connectivity index (χ0v) is 22.4. The molecule has 0 aliphatic rings. The number of nitrogens with two attached hydrogens (primary N) is 1. The second-order valence-electron chi connectivity index (χ2n) is 9.54. The van der Waals surface area contributed by atoms with Crippen LogP contribution in [0.15, 0.2) is 60.1 Å². The molecule has 192 valence electrons. The Bertz CT molecular complexity index is 1420. The first-order valence-electron chi connectivity index (χ1n) is 12.2. The van der Waals surface area contributed by atoms with E-state index in [0.717, 1.165) is 40.1 Å². The molecule has 4 N–H and O–H groups in total. The number of anilines is 1. The van der Waals surface area contributed by atoms with E-state index in [1.54, 1.807) is 10.7 Å². The average Bonchev–Trinajstić information content (AvgIpc) is 3.56. The Morgan fingerprint density at radius 3 is 2.51 bits per heavy atom. The predicted octanol–water partition coefficient (Wildman–Crippen LogP) is 4.38. The third kappa shape index (κ3) is 6.12. The molecule has 2 heterocycles. The van der Waals surface area contributed by atoms with Crippen molar-refractivity contribution in [2.75, 3.05) is 18.4 Å². The van der Waals surface area contributed by atoms with Crippen molar-refractivity contribution in [2.45, 2.75) is 32.6 Å². The van der Waals surface area contributed by atoms with Gasteiger partial charge in [0, 0.05) is 47.3 Å². The van der Waals surface area contributed by atoms with Gasteiger partial charge in [0.15, 0.2) is 5.13 Å². The average molecular weight is 517 g/mol. The summed E-state index contributed by atoms with van der Waals surface area (Å²) in [5.74, 6) is -0.651. The zero-order chi connectivity index (χ0) is 26.6. The van der Waals surface area contributed by atoms with Crippen molar-refractivity contribution in [3.63, 3.8) is 0 Å². The minimum absolute atomic E-state index is 0.159. The molecule has 0 radical (unpaired) electrons. The maximum absolute atomic E-state index is 12.8. The van der Waals surface area contributed by atoms with Crippen molar-refractivity contribution in [3.05, 3.63) is 76.8 Å². The summed E-state index contributed by atoms with van der Waals surface area (Å²) in [5.41, 5.74) is 12.0. The molecule has 0 bridgehead atoms. The van der Waals surface area contributed by atoms with Gasteiger partial charge in [-0.05, 0) is 41.8 Å². The smallest absolute Gasteiger partial charge is 0.251 e. The largest absolute Gasteiger partial charge is 0.343 e. The Balaban J connectivity index is 1.38. The maximum atomic E-state index is 12.8. The van der Waals surface area contributed by atoms with Crippen molar-refractivity contribution < 1.29 is 9.59 Å². The summed E-state index contributed by atoms with van der Waals surface area (Å²) in [4.78, 5) is 29.8. The van der Waals surface area contributed by atoms with Crippen molar-refractivity contribution in [1.82, 2.24) is 20.1 Å². The van der Waals surface area contributed by atoms with Crippen LogP contribution >= 0.6 is 11.3 Å². The minimum Gasteiger partial charge on any atom is -0.343 e. The van der Waals surface area contributed by atoms with Crippen LogP contribution in [0.2, 0.25) is 0 Å². The molecule has 9 heteroatoms. The third-order valence-electron chi connectivity index (χ3n) is 6.32. The molecule has 8 nitrogen and oxygen atoms in total. The van der Waals surface area contributed by atoms with E-state index in [2.05, 4.69) is 41.5 Å². The molecule has 0 aliphatic carbocycles. The Hall–Kier alpha value is -3.82. The topological polar surface area (TPSA) is 115 Å². The predicted molar refractivity (Wildman–Crippen MR) is 149 cm³/mol. The van der Waals surface area contributed by atoms with Gasteiger partial charge in [-0.3, -0.25) is 14.3 Å². The van der Waals surface area contributed by atoms with Crippen LogP contribution < -0.4 is 16.4 Å². The Labute approximate surface area is 220 Å². The van der Waals surface area contributed by atoms with Gasteiger partial charge in [0.05, 0.1) is 17.9 Å². The fourth-order valence-electron chi connectivity index (χ4n) is 4.06. The number of benzene rings is 2. The molecule has 37 heavy (non-hydrogen) atoms. The standard InChI is InChI=1S/C28H32N6O2S/c1-5-18-9-10-21(14-22(18)28(2,3)17-29)26(36)30-15-25(35)32-27-31-24(16-37-27)20-8-6-7-19(13-20)23-11-12-34(4)33-23/h6-14,16H,5,15,17,29H2,1-4H3,(H,30,36)(H,31,32,35). The fourth-order valence-corrected chi connectivity index (χ4v) is 4.80. The number of rotatable bonds is 9. The van der Waals surface area contributed by atoms with Crippen molar-refractivity contribution in [2.24, 2.45) is 12.8 Å². The highest BCUT2D eigenvalue weighted by molar-refractivity contribution is 7.14. The number of hydrogen-bond donors (Lipinski definition) is 3. The Kier molecular flexibility index (Phi) is 7.85. The van der Waals surface area contributed by atoms with Gasteiger partial charge in [0.2, 0.25) is 5.91 Å². The monoisotopic (exact) mass is 516 g/mol. The lowest BCUT2D eigenvalue weighted by molar-refractivity contribution is -0.115. The second kappa shape index (κ2) is 11.1. The maximum Gasteiger partial charge on any atom is 0.251 e. The van der Waals surface area contributed by atoms with Gasteiger partial charge in [-0.25, -0.2) is 4.98 Å². The summed E-state index contributed by atoms with van der Waals surface area (Å²) < 4.78 is 1.76. The summed E-state index contributed by atoms with van der Waals surface area (Å²) in [6, 6.07) is 15.5. The first-order chi connectivity index (χ1) is 17.7. The van der Waals surface area contributed by atoms with E-state index in [4.69, 9.17) is 5.73 Å². The lowest BCUT2D eigenvalue weighted by atomic mass is 9.80. The number of carbonyl (C=O) groups is 2. The van der Waals surface area contributed by atoms with Gasteiger partial charge in [-0.15, -0.1) is 11.3 Å². The van der Waals surface area contributed by atoms with Crippen molar-refractivity contribution in [1.29, 1.82) is 0 Å². The SMILES string of the molecule is CCc1ccc(C(=O)NCC(=O)Nc2nc(-c3cccc(-c4ccn(C)n4)c3)cs2)cc1C(C)(C)CN. The van der Waals surface area contributed by atoms with Gasteiger partial charge in [-0.2, -0.15) is 5.10 Å². The minimum atomic E-state index is -0.343. The molecule has 0 unspecified atom stereocenters. The van der Waals surface area contributed by atoms with Gasteiger partial charge in [0.1, 0.15) is 0 Å². The molecule has 0 saturated heterocycles. The normalized spacial score (nSPS) is 11.4. The zero-order valence-electron chi connectivity index (χ0n) is 21.5. The molecule has 2 amide bonds. The van der Waals surface area contributed by atoms with E-state index in [1.165, 1.54) is 11.3 Å². The molecule has 0 spiro atoms. The van der Waals surface area contributed by atoms with Crippen LogP contribution in [-0.2, 0) is 23.7 Å². The van der Waals surface area contributed by atoms with Gasteiger partial charge >= 0.3 is 0 Å². The molecule has 0 saturated carbocycles. The number of aryl methyl sites for hydroxylation is 2. The highest BCUT2D eigenvalue weighted by atomic mass is 32.1. The number of nitrogens with zero attached hydrogens (tertiary/aromatic N) is 3. The molecular formula is C28H32N6O2S. The lowest BCUT2D eigenvalue weighted by Gasteiger charge is -2.26. The summed E-state index contributed by atoms with van der Waals surface area (Å²) in [7, 11) is 1.88. The molecule has 0 fully saturated rings. The van der Waals surface area contributed by atoms with Crippen LogP contribution in [0.5, 0.6) is 0 Å². The van der Waals surface area contributed by atoms with E-state index in [1.807, 2.05) is 61.1 Å². The second-order valence-corrected chi connectivity index (χ2v) is 10.4. The van der Waals surface area contributed by atoms with Gasteiger partial charge < -0.3 is 16.4 Å². The quantitative estimate of drug-likeness (QED) is 0.305. The van der Waals surface area contributed by atoms with Crippen LogP contribution in [0.25, 0.3) is 22.5 Å². The fraction of sp³-hybridized carbons (Fsp3) is 0.286. The number of carbonyl (C=O) groups excluding carboxylic acids is 2. The van der Waals surface area contributed by atoms with E-state index < -0.39 is 0 Å². The summed E-state index contributed by atoms with van der Waals surface area (Å²) in [6.07, 6.45) is 2.75. The summed E-state index contributed by atoms with van der Waals surface area (Å²) in [6.45, 7) is 6.52. The van der Waals surface area contributed by atoms with Crippen molar-refractivity contribution >= 4 is 28.3 Å². The van der Waals surface area contributed by atoms with E-state index >= 15 is 0 Å². The third-order valence-corrected chi connectivity index (χ3v) is 7.08. The Morgan fingerprint density at radius 1 is 1.08 bits per heavy atom. The van der Waals surface area contributed by atoms with Gasteiger partial charge in [-0.1, -0.05) is 45.0 Å². The van der Waals surface area contributed by atoms with Crippen LogP contribution in [-0.4, -0.2) is 39.7 Å². The van der Waals surface area contributed by atoms with E-state index in [-0.39, 0.29) is 23.8 Å². The number of amides is 2. The Morgan fingerprint density at radius 2 is 1.84 bits per heavy atom. The number of aromatic nitrogens is 3. The number of hydrogen-bond acceptors (Lipinski definition) is 6. The highest BCUT2D eigenvalue weighted by Gasteiger charge is 2.23. The lowest BCUT2D eigenvalue weighted by Crippen LogP contribution is -2.33. The van der Waals surface area contributed by atoms with Gasteiger partial charge in [0.25, 0.3) is 5.91 Å². The number of nitrogens with one attached hydrogen (secondary N) is 2. The molecule has 0 atom stereocenters. The first kappa shape index (κ1) is 26.2. The summed E-state index contributed by atoms with van der Waals surface area (Å²) in [5, 5.41) is 12.3. The highest BCUT2D eigenvalue weighted by Crippen LogP contribution is 2.29. The van der Waals surface area contributed by atoms with Crippen LogP contribution in [0.4, 0.5) is 5.13 Å². The molecule has 4 aromatic rings. The van der Waals surface area contributed by atoms with Crippen molar-refractivity contribution in [3.8, 4) is 22.5 Å². The van der Waals surface area contributed by atoms with Crippen LogP contribution in [0.3, 0.4) is 0 Å². The molecule has 2 aromatic heterocycles. The van der Waals surface area contributed by atoms with Crippen LogP contribution in [0.1, 0.15) is 42.3 Å². The number of thiazole rings is 1. The van der Waals surface area contributed by atoms with E-state index in [0.29, 0.717) is 17.2 Å². The molecule has 0 aliphatic heterocycles. The molecular weight excluding hydrogens is 484 g/mol. The molecule has 4 rings (SSSR count). The molecule has 2 aromatic carbocycles. The van der Waals surface area contributed by atoms with E-state index in [9.17, 15) is 9.59 Å². The van der Waals surface area contributed by atoms with Crippen LogP contribution in [0, 0.1) is 0 Å². The first-order valence-corrected chi connectivity index (χ1v) is 13.1. The summed E-state index contributed by atoms with van der Waals surface area (Å²) >= 11 is 1.33.